The summed E-state index contributed by atoms with van der Waals surface area (Å²) in [6, 6.07) is 0.163. The smallest absolute Gasteiger partial charge is 0.215 e. The highest BCUT2D eigenvalue weighted by Gasteiger charge is 2.27. The number of rotatable bonds is 4. The lowest BCUT2D eigenvalue weighted by atomic mass is 10.1. The van der Waals surface area contributed by atoms with Crippen LogP contribution in [0, 0.1) is 0 Å². The molecule has 2 rings (SSSR count). The first kappa shape index (κ1) is 14.2. The van der Waals surface area contributed by atoms with Crippen LogP contribution >= 0.6 is 0 Å². The second kappa shape index (κ2) is 6.29. The standard InChI is InChI=1S/C11H23N3O3S/c12-11-1-3-14(4-2-11)18(15,16)10-7-13-5-8-17-9-6-13/h11H,1-10,12H2. The van der Waals surface area contributed by atoms with E-state index in [1.165, 1.54) is 0 Å². The van der Waals surface area contributed by atoms with E-state index in [1.54, 1.807) is 4.31 Å². The number of nitrogens with two attached hydrogens (primary N) is 1. The molecule has 7 heteroatoms. The first-order chi connectivity index (χ1) is 8.58. The van der Waals surface area contributed by atoms with E-state index in [0.717, 1.165) is 25.9 Å². The predicted octanol–water partition coefficient (Wildman–Crippen LogP) is -0.928. The molecular formula is C11H23N3O3S. The first-order valence-electron chi connectivity index (χ1n) is 6.61. The van der Waals surface area contributed by atoms with Gasteiger partial charge in [-0.1, -0.05) is 0 Å². The number of nitrogens with zero attached hydrogens (tertiary/aromatic N) is 2. The van der Waals surface area contributed by atoms with Gasteiger partial charge in [0.15, 0.2) is 0 Å². The normalized spacial score (nSPS) is 25.4. The molecule has 2 aliphatic heterocycles. The van der Waals surface area contributed by atoms with Crippen LogP contribution in [0.3, 0.4) is 0 Å². The summed E-state index contributed by atoms with van der Waals surface area (Å²) in [5.74, 6) is 0.211. The van der Waals surface area contributed by atoms with Crippen LogP contribution in [0.25, 0.3) is 0 Å². The van der Waals surface area contributed by atoms with Gasteiger partial charge in [0.1, 0.15) is 0 Å². The van der Waals surface area contributed by atoms with Gasteiger partial charge >= 0.3 is 0 Å². The largest absolute Gasteiger partial charge is 0.379 e. The average Bonchev–Trinajstić information content (AvgIpc) is 2.38. The Balaban J connectivity index is 1.79. The number of hydrogen-bond acceptors (Lipinski definition) is 5. The Morgan fingerprint density at radius 1 is 1.11 bits per heavy atom. The van der Waals surface area contributed by atoms with E-state index in [2.05, 4.69) is 4.90 Å². The van der Waals surface area contributed by atoms with Crippen molar-refractivity contribution in [2.45, 2.75) is 18.9 Å². The van der Waals surface area contributed by atoms with Crippen LogP contribution < -0.4 is 5.73 Å². The summed E-state index contributed by atoms with van der Waals surface area (Å²) < 4.78 is 31.2. The van der Waals surface area contributed by atoms with E-state index in [4.69, 9.17) is 10.5 Å². The van der Waals surface area contributed by atoms with Crippen molar-refractivity contribution in [3.05, 3.63) is 0 Å². The van der Waals surface area contributed by atoms with Crippen LogP contribution in [0.1, 0.15) is 12.8 Å². The van der Waals surface area contributed by atoms with Gasteiger partial charge in [-0.05, 0) is 12.8 Å². The number of hydrogen-bond donors (Lipinski definition) is 1. The van der Waals surface area contributed by atoms with Crippen LogP contribution in [-0.2, 0) is 14.8 Å². The quantitative estimate of drug-likeness (QED) is 0.718. The van der Waals surface area contributed by atoms with Crippen molar-refractivity contribution in [1.82, 2.24) is 9.21 Å². The van der Waals surface area contributed by atoms with Gasteiger partial charge in [-0.15, -0.1) is 0 Å². The molecule has 106 valence electrons. The van der Waals surface area contributed by atoms with E-state index in [-0.39, 0.29) is 11.8 Å². The fourth-order valence-electron chi connectivity index (χ4n) is 2.35. The van der Waals surface area contributed by atoms with Gasteiger partial charge in [0.05, 0.1) is 19.0 Å². The maximum atomic E-state index is 12.2. The zero-order chi connectivity index (χ0) is 13.0. The van der Waals surface area contributed by atoms with E-state index in [1.807, 2.05) is 0 Å². The third-order valence-corrected chi connectivity index (χ3v) is 5.51. The van der Waals surface area contributed by atoms with Crippen molar-refractivity contribution in [2.75, 3.05) is 51.7 Å². The predicted molar refractivity (Wildman–Crippen MR) is 69.8 cm³/mol. The van der Waals surface area contributed by atoms with Crippen molar-refractivity contribution < 1.29 is 13.2 Å². The minimum atomic E-state index is -3.11. The van der Waals surface area contributed by atoms with Crippen molar-refractivity contribution in [2.24, 2.45) is 5.73 Å². The fourth-order valence-corrected chi connectivity index (χ4v) is 3.87. The lowest BCUT2D eigenvalue weighted by Crippen LogP contribution is -2.46. The van der Waals surface area contributed by atoms with E-state index < -0.39 is 10.0 Å². The molecule has 0 aromatic heterocycles. The van der Waals surface area contributed by atoms with Gasteiger partial charge in [0.2, 0.25) is 10.0 Å². The molecule has 2 aliphatic rings. The number of morpholine rings is 1. The summed E-state index contributed by atoms with van der Waals surface area (Å²) in [5.41, 5.74) is 5.79. The van der Waals surface area contributed by atoms with Crippen molar-refractivity contribution in [3.8, 4) is 0 Å². The zero-order valence-electron chi connectivity index (χ0n) is 10.8. The summed E-state index contributed by atoms with van der Waals surface area (Å²) in [7, 11) is -3.11. The molecule has 2 N–H and O–H groups in total. The minimum absolute atomic E-state index is 0.163. The molecule has 0 atom stereocenters. The molecule has 0 aliphatic carbocycles. The Morgan fingerprint density at radius 3 is 2.33 bits per heavy atom. The maximum absolute atomic E-state index is 12.2. The second-order valence-electron chi connectivity index (χ2n) is 5.01. The molecule has 0 radical (unpaired) electrons. The fraction of sp³-hybridized carbons (Fsp3) is 1.00. The zero-order valence-corrected chi connectivity index (χ0v) is 11.6. The Bertz CT molecular complexity index is 347. The SMILES string of the molecule is NC1CCN(S(=O)(=O)CCN2CCOCC2)CC1. The van der Waals surface area contributed by atoms with Crippen LogP contribution in [0.15, 0.2) is 0 Å². The second-order valence-corrected chi connectivity index (χ2v) is 7.09. The van der Waals surface area contributed by atoms with Crippen LogP contribution in [0.2, 0.25) is 0 Å². The number of sulfonamides is 1. The Kier molecular flexibility index (Phi) is 4.97. The molecule has 6 nitrogen and oxygen atoms in total. The average molecular weight is 277 g/mol. The lowest BCUT2D eigenvalue weighted by Gasteiger charge is -2.31. The Labute approximate surface area is 109 Å². The molecule has 2 saturated heterocycles. The van der Waals surface area contributed by atoms with Crippen molar-refractivity contribution in [3.63, 3.8) is 0 Å². The maximum Gasteiger partial charge on any atom is 0.215 e. The highest BCUT2D eigenvalue weighted by Crippen LogP contribution is 2.13. The molecule has 0 aromatic rings. The van der Waals surface area contributed by atoms with Crippen molar-refractivity contribution in [1.29, 1.82) is 0 Å². The monoisotopic (exact) mass is 277 g/mol. The molecule has 0 saturated carbocycles. The molecular weight excluding hydrogens is 254 g/mol. The third kappa shape index (κ3) is 3.89. The van der Waals surface area contributed by atoms with E-state index >= 15 is 0 Å². The van der Waals surface area contributed by atoms with Gasteiger partial charge in [-0.3, -0.25) is 4.90 Å². The van der Waals surface area contributed by atoms with Gasteiger partial charge < -0.3 is 10.5 Å². The molecule has 0 bridgehead atoms. The Morgan fingerprint density at radius 2 is 1.72 bits per heavy atom. The minimum Gasteiger partial charge on any atom is -0.379 e. The van der Waals surface area contributed by atoms with Crippen molar-refractivity contribution >= 4 is 10.0 Å². The Hall–Kier alpha value is -0.210. The first-order valence-corrected chi connectivity index (χ1v) is 8.22. The molecule has 0 spiro atoms. The van der Waals surface area contributed by atoms with E-state index in [0.29, 0.717) is 32.8 Å². The number of ether oxygens (including phenoxy) is 1. The third-order valence-electron chi connectivity index (χ3n) is 3.66. The molecule has 0 aromatic carbocycles. The lowest BCUT2D eigenvalue weighted by molar-refractivity contribution is 0.0406. The number of piperidine rings is 1. The molecule has 0 amide bonds. The van der Waals surface area contributed by atoms with Gasteiger partial charge in [0.25, 0.3) is 0 Å². The summed E-state index contributed by atoms with van der Waals surface area (Å²) in [6.07, 6.45) is 1.55. The van der Waals surface area contributed by atoms with Crippen LogP contribution in [-0.4, -0.2) is 75.4 Å². The molecule has 2 heterocycles. The summed E-state index contributed by atoms with van der Waals surface area (Å²) in [4.78, 5) is 2.15. The van der Waals surface area contributed by atoms with Gasteiger partial charge in [0, 0.05) is 38.8 Å². The summed E-state index contributed by atoms with van der Waals surface area (Å²) >= 11 is 0. The van der Waals surface area contributed by atoms with Gasteiger partial charge in [-0.25, -0.2) is 12.7 Å². The molecule has 2 fully saturated rings. The van der Waals surface area contributed by atoms with E-state index in [9.17, 15) is 8.42 Å². The summed E-state index contributed by atoms with van der Waals surface area (Å²) in [5, 5.41) is 0. The highest BCUT2D eigenvalue weighted by molar-refractivity contribution is 7.89. The molecule has 0 unspecified atom stereocenters. The van der Waals surface area contributed by atoms with Crippen LogP contribution in [0.5, 0.6) is 0 Å². The highest BCUT2D eigenvalue weighted by atomic mass is 32.2. The van der Waals surface area contributed by atoms with Crippen LogP contribution in [0.4, 0.5) is 0 Å². The van der Waals surface area contributed by atoms with Gasteiger partial charge in [-0.2, -0.15) is 0 Å². The summed E-state index contributed by atoms with van der Waals surface area (Å²) in [6.45, 7) is 4.84. The molecule has 18 heavy (non-hydrogen) atoms. The topological polar surface area (TPSA) is 75.9 Å².